The van der Waals surface area contributed by atoms with Crippen molar-refractivity contribution >= 4 is 17.5 Å². The first kappa shape index (κ1) is 23.6. The number of carbonyl (C=O) groups is 2. The number of hydrogen-bond acceptors (Lipinski definition) is 5. The Bertz CT molecular complexity index is 1220. The van der Waals surface area contributed by atoms with Crippen molar-refractivity contribution in [2.75, 3.05) is 34.0 Å². The van der Waals surface area contributed by atoms with Gasteiger partial charge in [-0.25, -0.2) is 9.69 Å². The van der Waals surface area contributed by atoms with Gasteiger partial charge in [0.15, 0.2) is 5.54 Å². The molecular formula is C29H29N3O4. The molecule has 1 N–H and O–H groups in total. The second-order valence-electron chi connectivity index (χ2n) is 8.93. The molecule has 0 bridgehead atoms. The first-order valence-corrected chi connectivity index (χ1v) is 11.9. The SMILES string of the molecule is COc1ccc(C2(c3ccc(OC)cc3)NC(=O)N(CN3CC=C(c4ccccc4)CC3)C2=O)cc1. The average Bonchev–Trinajstić information content (AvgIpc) is 3.19. The zero-order chi connectivity index (χ0) is 25.1. The molecule has 0 radical (unpaired) electrons. The van der Waals surface area contributed by atoms with E-state index in [9.17, 15) is 9.59 Å². The molecule has 2 aliphatic rings. The number of rotatable bonds is 7. The van der Waals surface area contributed by atoms with Crippen LogP contribution < -0.4 is 14.8 Å². The lowest BCUT2D eigenvalue weighted by Crippen LogP contribution is -2.46. The third-order valence-corrected chi connectivity index (χ3v) is 6.93. The summed E-state index contributed by atoms with van der Waals surface area (Å²) in [6, 6.07) is 24.3. The highest BCUT2D eigenvalue weighted by molar-refractivity contribution is 6.09. The number of hydrogen-bond donors (Lipinski definition) is 1. The van der Waals surface area contributed by atoms with Crippen molar-refractivity contribution in [1.82, 2.24) is 15.1 Å². The normalized spacial score (nSPS) is 17.5. The highest BCUT2D eigenvalue weighted by atomic mass is 16.5. The first-order valence-electron chi connectivity index (χ1n) is 11.9. The van der Waals surface area contributed by atoms with E-state index in [2.05, 4.69) is 28.4 Å². The largest absolute Gasteiger partial charge is 0.497 e. The van der Waals surface area contributed by atoms with Gasteiger partial charge in [0.1, 0.15) is 11.5 Å². The van der Waals surface area contributed by atoms with Crippen LogP contribution in [0.5, 0.6) is 11.5 Å². The summed E-state index contributed by atoms with van der Waals surface area (Å²) in [4.78, 5) is 30.7. The molecule has 7 nitrogen and oxygen atoms in total. The zero-order valence-corrected chi connectivity index (χ0v) is 20.4. The molecule has 0 aromatic heterocycles. The molecule has 0 saturated carbocycles. The molecule has 184 valence electrons. The summed E-state index contributed by atoms with van der Waals surface area (Å²) in [5, 5.41) is 3.01. The Kier molecular flexibility index (Phi) is 6.48. The quantitative estimate of drug-likeness (QED) is 0.509. The van der Waals surface area contributed by atoms with Crippen LogP contribution in [0.3, 0.4) is 0 Å². The number of carbonyl (C=O) groups excluding carboxylic acids is 2. The topological polar surface area (TPSA) is 71.1 Å². The van der Waals surface area contributed by atoms with Gasteiger partial charge in [-0.3, -0.25) is 9.69 Å². The number of methoxy groups -OCH3 is 2. The highest BCUT2D eigenvalue weighted by Gasteiger charge is 2.54. The third-order valence-electron chi connectivity index (χ3n) is 6.93. The molecule has 0 aliphatic carbocycles. The summed E-state index contributed by atoms with van der Waals surface area (Å²) < 4.78 is 10.6. The summed E-state index contributed by atoms with van der Waals surface area (Å²) in [5.74, 6) is 1.04. The van der Waals surface area contributed by atoms with Crippen LogP contribution in [0.1, 0.15) is 23.1 Å². The van der Waals surface area contributed by atoms with Crippen LogP contribution in [0.15, 0.2) is 84.9 Å². The Morgan fingerprint density at radius 3 is 1.92 bits per heavy atom. The van der Waals surface area contributed by atoms with Crippen molar-refractivity contribution < 1.29 is 19.1 Å². The Hall–Kier alpha value is -4.10. The fourth-order valence-electron chi connectivity index (χ4n) is 4.90. The van der Waals surface area contributed by atoms with Gasteiger partial charge in [-0.1, -0.05) is 60.7 Å². The van der Waals surface area contributed by atoms with Crippen molar-refractivity contribution in [2.45, 2.75) is 12.0 Å². The molecule has 3 aromatic rings. The van der Waals surface area contributed by atoms with E-state index in [1.54, 1.807) is 38.5 Å². The van der Waals surface area contributed by atoms with Gasteiger partial charge in [-0.15, -0.1) is 0 Å². The van der Waals surface area contributed by atoms with Crippen molar-refractivity contribution in [3.63, 3.8) is 0 Å². The number of nitrogens with one attached hydrogen (secondary N) is 1. The van der Waals surface area contributed by atoms with Crippen molar-refractivity contribution in [2.24, 2.45) is 0 Å². The van der Waals surface area contributed by atoms with E-state index in [-0.39, 0.29) is 12.6 Å². The molecule has 3 amide bonds. The van der Waals surface area contributed by atoms with E-state index in [4.69, 9.17) is 9.47 Å². The molecule has 1 fully saturated rings. The van der Waals surface area contributed by atoms with Gasteiger partial charge in [0.05, 0.1) is 20.9 Å². The van der Waals surface area contributed by atoms with Gasteiger partial charge < -0.3 is 14.8 Å². The van der Waals surface area contributed by atoms with Gasteiger partial charge in [0.2, 0.25) is 0 Å². The van der Waals surface area contributed by atoms with Gasteiger partial charge >= 0.3 is 6.03 Å². The van der Waals surface area contributed by atoms with Gasteiger partial charge in [0, 0.05) is 13.1 Å². The van der Waals surface area contributed by atoms with E-state index in [1.807, 2.05) is 42.5 Å². The van der Waals surface area contributed by atoms with E-state index >= 15 is 0 Å². The van der Waals surface area contributed by atoms with Crippen LogP contribution in [0.2, 0.25) is 0 Å². The smallest absolute Gasteiger partial charge is 0.326 e. The molecule has 7 heteroatoms. The Morgan fingerprint density at radius 2 is 1.42 bits per heavy atom. The molecule has 2 heterocycles. The van der Waals surface area contributed by atoms with Gasteiger partial charge in [-0.2, -0.15) is 0 Å². The Labute approximate surface area is 210 Å². The molecular weight excluding hydrogens is 454 g/mol. The molecule has 1 saturated heterocycles. The molecule has 0 unspecified atom stereocenters. The standard InChI is InChI=1S/C29H29N3O4/c1-35-25-12-8-23(9-13-25)29(24-10-14-26(36-2)15-11-24)27(33)32(28(34)30-29)20-31-18-16-22(17-19-31)21-6-4-3-5-7-21/h3-16H,17-20H2,1-2H3,(H,30,34). The Balaban J connectivity index is 1.43. The van der Waals surface area contributed by atoms with Crippen LogP contribution in [0, 0.1) is 0 Å². The second kappa shape index (κ2) is 9.87. The number of benzene rings is 3. The summed E-state index contributed by atoms with van der Waals surface area (Å²) in [6.45, 7) is 1.65. The van der Waals surface area contributed by atoms with E-state index in [0.29, 0.717) is 29.2 Å². The highest BCUT2D eigenvalue weighted by Crippen LogP contribution is 2.38. The van der Waals surface area contributed by atoms with Gasteiger partial charge in [-0.05, 0) is 52.9 Å². The van der Waals surface area contributed by atoms with Crippen molar-refractivity contribution in [3.8, 4) is 11.5 Å². The molecule has 5 rings (SSSR count). The zero-order valence-electron chi connectivity index (χ0n) is 20.4. The van der Waals surface area contributed by atoms with Crippen molar-refractivity contribution in [1.29, 1.82) is 0 Å². The van der Waals surface area contributed by atoms with Crippen LogP contribution >= 0.6 is 0 Å². The van der Waals surface area contributed by atoms with Crippen molar-refractivity contribution in [3.05, 3.63) is 102 Å². The fourth-order valence-corrected chi connectivity index (χ4v) is 4.90. The maximum absolute atomic E-state index is 14.0. The van der Waals surface area contributed by atoms with E-state index in [1.165, 1.54) is 16.0 Å². The second-order valence-corrected chi connectivity index (χ2v) is 8.93. The summed E-state index contributed by atoms with van der Waals surface area (Å²) in [6.07, 6.45) is 3.03. The van der Waals surface area contributed by atoms with Crippen LogP contribution in [0.25, 0.3) is 5.57 Å². The average molecular weight is 484 g/mol. The van der Waals surface area contributed by atoms with Crippen LogP contribution in [0.4, 0.5) is 4.79 Å². The van der Waals surface area contributed by atoms with E-state index in [0.717, 1.165) is 13.0 Å². The Morgan fingerprint density at radius 1 is 0.833 bits per heavy atom. The predicted molar refractivity (Wildman–Crippen MR) is 138 cm³/mol. The number of nitrogens with zero attached hydrogens (tertiary/aromatic N) is 2. The minimum absolute atomic E-state index is 0.220. The molecule has 2 aliphatic heterocycles. The first-order chi connectivity index (χ1) is 17.5. The third kappa shape index (κ3) is 4.22. The number of imide groups is 1. The van der Waals surface area contributed by atoms with Crippen LogP contribution in [-0.2, 0) is 10.3 Å². The van der Waals surface area contributed by atoms with Crippen LogP contribution in [-0.4, -0.2) is 55.7 Å². The summed E-state index contributed by atoms with van der Waals surface area (Å²) in [5.41, 5.74) is 2.50. The summed E-state index contributed by atoms with van der Waals surface area (Å²) in [7, 11) is 3.18. The number of amides is 3. The number of ether oxygens (including phenoxy) is 2. The lowest BCUT2D eigenvalue weighted by Gasteiger charge is -2.31. The maximum atomic E-state index is 14.0. The lowest BCUT2D eigenvalue weighted by atomic mass is 9.82. The molecule has 0 atom stereocenters. The molecule has 36 heavy (non-hydrogen) atoms. The monoisotopic (exact) mass is 483 g/mol. The lowest BCUT2D eigenvalue weighted by molar-refractivity contribution is -0.131. The summed E-state index contributed by atoms with van der Waals surface area (Å²) >= 11 is 0. The minimum atomic E-state index is -1.34. The molecule has 3 aromatic carbocycles. The molecule has 0 spiro atoms. The minimum Gasteiger partial charge on any atom is -0.497 e. The number of urea groups is 1. The van der Waals surface area contributed by atoms with Gasteiger partial charge in [0.25, 0.3) is 5.91 Å². The van der Waals surface area contributed by atoms with E-state index < -0.39 is 11.6 Å². The fraction of sp³-hybridized carbons (Fsp3) is 0.241. The predicted octanol–water partition coefficient (Wildman–Crippen LogP) is 4.25. The maximum Gasteiger partial charge on any atom is 0.326 e.